The maximum absolute atomic E-state index is 13.4. The molecule has 1 aromatic rings. The summed E-state index contributed by atoms with van der Waals surface area (Å²) in [4.78, 5) is 9.06. The van der Waals surface area contributed by atoms with Gasteiger partial charge in [0.05, 0.1) is 4.92 Å². The zero-order valence-corrected chi connectivity index (χ0v) is 12.4. The number of para-hydroxylation sites is 1. The van der Waals surface area contributed by atoms with Crippen LogP contribution in [0.4, 0.5) is 10.1 Å². The van der Waals surface area contributed by atoms with E-state index in [1.165, 1.54) is 0 Å². The molecule has 0 amide bonds. The van der Waals surface area contributed by atoms with Gasteiger partial charge >= 0.3 is 5.69 Å². The van der Waals surface area contributed by atoms with Crippen molar-refractivity contribution in [3.05, 3.63) is 34.1 Å². The lowest BCUT2D eigenvalue weighted by Gasteiger charge is -2.08. The molecule has 0 saturated heterocycles. The molecule has 7 nitrogen and oxygen atoms in total. The number of nitrogens with zero attached hydrogens (tertiary/aromatic N) is 1. The predicted octanol–water partition coefficient (Wildman–Crippen LogP) is 1.83. The SMILES string of the molecule is CCCOCCCNS(=O)(=O)c1cccc(F)c1[N+](=O)[O-]. The lowest BCUT2D eigenvalue weighted by molar-refractivity contribution is -0.390. The molecule has 0 aromatic heterocycles. The van der Waals surface area contributed by atoms with Gasteiger partial charge in [0.1, 0.15) is 0 Å². The van der Waals surface area contributed by atoms with E-state index in [2.05, 4.69) is 4.72 Å². The molecule has 1 aromatic carbocycles. The van der Waals surface area contributed by atoms with Crippen LogP contribution >= 0.6 is 0 Å². The van der Waals surface area contributed by atoms with Crippen molar-refractivity contribution in [3.8, 4) is 0 Å². The molecule has 0 fully saturated rings. The van der Waals surface area contributed by atoms with E-state index in [0.29, 0.717) is 19.6 Å². The van der Waals surface area contributed by atoms with Crippen molar-refractivity contribution >= 4 is 15.7 Å². The molecule has 21 heavy (non-hydrogen) atoms. The highest BCUT2D eigenvalue weighted by atomic mass is 32.2. The number of ether oxygens (including phenoxy) is 1. The van der Waals surface area contributed by atoms with E-state index < -0.39 is 31.3 Å². The molecule has 0 bridgehead atoms. The van der Waals surface area contributed by atoms with E-state index >= 15 is 0 Å². The maximum Gasteiger partial charge on any atom is 0.324 e. The lowest BCUT2D eigenvalue weighted by atomic mass is 10.3. The quantitative estimate of drug-likeness (QED) is 0.425. The Bertz CT molecular complexity index is 591. The fourth-order valence-electron chi connectivity index (χ4n) is 1.59. The van der Waals surface area contributed by atoms with Crippen molar-refractivity contribution < 1.29 is 22.5 Å². The first kappa shape index (κ1) is 17.5. The van der Waals surface area contributed by atoms with Crippen LogP contribution in [0.2, 0.25) is 0 Å². The average Bonchev–Trinajstić information content (AvgIpc) is 2.42. The minimum absolute atomic E-state index is 0.0553. The Kier molecular flexibility index (Phi) is 6.66. The average molecular weight is 320 g/mol. The predicted molar refractivity (Wildman–Crippen MR) is 74.0 cm³/mol. The fraction of sp³-hybridized carbons (Fsp3) is 0.500. The second-order valence-electron chi connectivity index (χ2n) is 4.21. The lowest BCUT2D eigenvalue weighted by Crippen LogP contribution is -2.26. The van der Waals surface area contributed by atoms with Gasteiger partial charge in [-0.05, 0) is 25.0 Å². The Hall–Kier alpha value is -1.58. The monoisotopic (exact) mass is 320 g/mol. The van der Waals surface area contributed by atoms with Crippen LogP contribution in [0.5, 0.6) is 0 Å². The van der Waals surface area contributed by atoms with Gasteiger partial charge in [0.25, 0.3) is 0 Å². The van der Waals surface area contributed by atoms with Crippen LogP contribution in [0, 0.1) is 15.9 Å². The fourth-order valence-corrected chi connectivity index (χ4v) is 2.85. The van der Waals surface area contributed by atoms with Crippen molar-refractivity contribution in [2.75, 3.05) is 19.8 Å². The van der Waals surface area contributed by atoms with Crippen LogP contribution in [0.25, 0.3) is 0 Å². The highest BCUT2D eigenvalue weighted by Gasteiger charge is 2.28. The number of hydrogen-bond donors (Lipinski definition) is 1. The van der Waals surface area contributed by atoms with Gasteiger partial charge in [-0.3, -0.25) is 10.1 Å². The van der Waals surface area contributed by atoms with Gasteiger partial charge in [-0.2, -0.15) is 4.39 Å². The third-order valence-corrected chi connectivity index (χ3v) is 4.02. The Morgan fingerprint density at radius 3 is 2.71 bits per heavy atom. The van der Waals surface area contributed by atoms with Gasteiger partial charge in [-0.25, -0.2) is 13.1 Å². The first-order valence-corrected chi connectivity index (χ1v) is 7.88. The van der Waals surface area contributed by atoms with E-state index in [0.717, 1.165) is 24.6 Å². The highest BCUT2D eigenvalue weighted by molar-refractivity contribution is 7.89. The number of rotatable bonds is 9. The van der Waals surface area contributed by atoms with Crippen molar-refractivity contribution in [3.63, 3.8) is 0 Å². The Morgan fingerprint density at radius 2 is 2.10 bits per heavy atom. The molecule has 118 valence electrons. The molecule has 0 aliphatic heterocycles. The van der Waals surface area contributed by atoms with Crippen LogP contribution < -0.4 is 4.72 Å². The molecule has 0 spiro atoms. The van der Waals surface area contributed by atoms with Crippen molar-refractivity contribution in [1.82, 2.24) is 4.72 Å². The normalized spacial score (nSPS) is 11.5. The minimum atomic E-state index is -4.14. The van der Waals surface area contributed by atoms with Gasteiger partial charge in [0.2, 0.25) is 15.8 Å². The second-order valence-corrected chi connectivity index (χ2v) is 5.94. The van der Waals surface area contributed by atoms with Crippen molar-refractivity contribution in [2.45, 2.75) is 24.7 Å². The molecule has 0 aliphatic rings. The molecule has 0 radical (unpaired) electrons. The van der Waals surface area contributed by atoms with Gasteiger partial charge in [0, 0.05) is 19.8 Å². The molecular weight excluding hydrogens is 303 g/mol. The first-order valence-electron chi connectivity index (χ1n) is 6.40. The maximum atomic E-state index is 13.4. The summed E-state index contributed by atoms with van der Waals surface area (Å²) in [6.07, 6.45) is 1.28. The highest BCUT2D eigenvalue weighted by Crippen LogP contribution is 2.26. The zero-order valence-electron chi connectivity index (χ0n) is 11.5. The van der Waals surface area contributed by atoms with E-state index in [1.807, 2.05) is 6.92 Å². The van der Waals surface area contributed by atoms with Crippen LogP contribution in [-0.4, -0.2) is 33.1 Å². The summed E-state index contributed by atoms with van der Waals surface area (Å²) < 4.78 is 44.7. The summed E-state index contributed by atoms with van der Waals surface area (Å²) in [5, 5.41) is 10.8. The summed E-state index contributed by atoms with van der Waals surface area (Å²) in [6.45, 7) is 2.97. The van der Waals surface area contributed by atoms with Crippen LogP contribution in [0.3, 0.4) is 0 Å². The number of nitro groups is 1. The zero-order chi connectivity index (χ0) is 15.9. The van der Waals surface area contributed by atoms with E-state index in [9.17, 15) is 22.9 Å². The summed E-state index contributed by atoms with van der Waals surface area (Å²) in [7, 11) is -4.14. The van der Waals surface area contributed by atoms with Gasteiger partial charge in [0.15, 0.2) is 4.90 Å². The molecule has 0 unspecified atom stereocenters. The number of nitro benzene ring substituents is 1. The number of hydrogen-bond acceptors (Lipinski definition) is 5. The topological polar surface area (TPSA) is 98.5 Å². The van der Waals surface area contributed by atoms with Crippen LogP contribution in [-0.2, 0) is 14.8 Å². The number of halogens is 1. The van der Waals surface area contributed by atoms with Gasteiger partial charge in [-0.15, -0.1) is 0 Å². The molecule has 0 aliphatic carbocycles. The van der Waals surface area contributed by atoms with E-state index in [1.54, 1.807) is 0 Å². The molecule has 1 N–H and O–H groups in total. The second kappa shape index (κ2) is 8.01. The summed E-state index contributed by atoms with van der Waals surface area (Å²) in [5.74, 6) is -1.19. The smallest absolute Gasteiger partial charge is 0.324 e. The summed E-state index contributed by atoms with van der Waals surface area (Å²) in [5.41, 5.74) is -1.05. The minimum Gasteiger partial charge on any atom is -0.381 e. The molecular formula is C12H17FN2O5S. The molecule has 0 heterocycles. The number of benzene rings is 1. The molecule has 0 saturated carbocycles. The van der Waals surface area contributed by atoms with Crippen LogP contribution in [0.15, 0.2) is 23.1 Å². The molecule has 0 atom stereocenters. The summed E-state index contributed by atoms with van der Waals surface area (Å²) >= 11 is 0. The first-order chi connectivity index (χ1) is 9.90. The van der Waals surface area contributed by atoms with Crippen molar-refractivity contribution in [1.29, 1.82) is 0 Å². The van der Waals surface area contributed by atoms with Crippen LogP contribution in [0.1, 0.15) is 19.8 Å². The Labute approximate surface area is 122 Å². The standard InChI is InChI=1S/C12H17FN2O5S/c1-2-8-20-9-4-7-14-21(18,19)11-6-3-5-10(13)12(11)15(16)17/h3,5-6,14H,2,4,7-9H2,1H3. The number of sulfonamides is 1. The number of nitrogens with one attached hydrogen (secondary N) is 1. The third kappa shape index (κ3) is 5.03. The largest absolute Gasteiger partial charge is 0.381 e. The third-order valence-electron chi connectivity index (χ3n) is 2.53. The Morgan fingerprint density at radius 1 is 1.38 bits per heavy atom. The van der Waals surface area contributed by atoms with Crippen molar-refractivity contribution in [2.24, 2.45) is 0 Å². The Balaban J connectivity index is 2.75. The summed E-state index contributed by atoms with van der Waals surface area (Å²) in [6, 6.07) is 2.95. The van der Waals surface area contributed by atoms with E-state index in [4.69, 9.17) is 4.74 Å². The van der Waals surface area contributed by atoms with Gasteiger partial charge < -0.3 is 4.74 Å². The van der Waals surface area contributed by atoms with E-state index in [-0.39, 0.29) is 6.54 Å². The van der Waals surface area contributed by atoms with Gasteiger partial charge in [-0.1, -0.05) is 13.0 Å². The molecule has 9 heteroatoms. The molecule has 1 rings (SSSR count).